The molecule has 1 unspecified atom stereocenters. The fraction of sp³-hybridized carbons (Fsp3) is 0.588. The fourth-order valence-electron chi connectivity index (χ4n) is 3.78. The molecule has 26 heavy (non-hydrogen) atoms. The fourth-order valence-corrected chi connectivity index (χ4v) is 5.45. The van der Waals surface area contributed by atoms with E-state index in [-0.39, 0.29) is 11.0 Å². The van der Waals surface area contributed by atoms with E-state index in [4.69, 9.17) is 11.6 Å². The molecule has 1 fully saturated rings. The van der Waals surface area contributed by atoms with Gasteiger partial charge < -0.3 is 9.80 Å². The second-order valence-corrected chi connectivity index (χ2v) is 14.2. The van der Waals surface area contributed by atoms with Crippen molar-refractivity contribution in [3.05, 3.63) is 50.7 Å². The van der Waals surface area contributed by atoms with E-state index < -0.39 is 8.07 Å². The third-order valence-corrected chi connectivity index (χ3v) is 6.27. The van der Waals surface area contributed by atoms with Crippen LogP contribution in [0.25, 0.3) is 0 Å². The number of hydrogen-bond acceptors (Lipinski definition) is 6. The molecule has 0 N–H and O–H groups in total. The molecule has 0 radical (unpaired) electrons. The summed E-state index contributed by atoms with van der Waals surface area (Å²) in [7, 11) is -1.33. The van der Waals surface area contributed by atoms with Crippen molar-refractivity contribution in [2.75, 3.05) is 25.9 Å². The van der Waals surface area contributed by atoms with Crippen molar-refractivity contribution >= 4 is 19.7 Å². The molecule has 0 aromatic carbocycles. The highest BCUT2D eigenvalue weighted by molar-refractivity contribution is 6.76. The van der Waals surface area contributed by atoms with Gasteiger partial charge in [-0.25, -0.2) is 4.98 Å². The van der Waals surface area contributed by atoms with Crippen molar-refractivity contribution in [2.24, 2.45) is 0 Å². The summed E-state index contributed by atoms with van der Waals surface area (Å²) in [4.78, 5) is 22.3. The number of nitrogens with zero attached hydrogens (tertiary/aromatic N) is 5. The smallest absolute Gasteiger partial charge is 0.300 e. The molecule has 0 amide bonds. The van der Waals surface area contributed by atoms with Crippen LogP contribution in [0.2, 0.25) is 24.8 Å². The first-order chi connectivity index (χ1) is 12.1. The first kappa shape index (κ1) is 19.1. The van der Waals surface area contributed by atoms with E-state index in [1.807, 2.05) is 6.07 Å². The van der Waals surface area contributed by atoms with Gasteiger partial charge in [0.25, 0.3) is 5.70 Å². The summed E-state index contributed by atoms with van der Waals surface area (Å²) in [6.07, 6.45) is 2.70. The minimum absolute atomic E-state index is 0.205. The van der Waals surface area contributed by atoms with Gasteiger partial charge in [0.15, 0.2) is 5.82 Å². The Morgan fingerprint density at radius 3 is 2.69 bits per heavy atom. The van der Waals surface area contributed by atoms with Gasteiger partial charge in [-0.15, -0.1) is 0 Å². The van der Waals surface area contributed by atoms with Crippen LogP contribution in [0.1, 0.15) is 12.5 Å². The highest BCUT2D eigenvalue weighted by Crippen LogP contribution is 2.32. The van der Waals surface area contributed by atoms with Gasteiger partial charge >= 0.3 is 0 Å². The summed E-state index contributed by atoms with van der Waals surface area (Å²) in [5.41, 5.74) is 1.31. The number of rotatable bonds is 5. The van der Waals surface area contributed by atoms with E-state index in [1.54, 1.807) is 12.3 Å². The highest BCUT2D eigenvalue weighted by atomic mass is 35.5. The maximum absolute atomic E-state index is 11.8. The Kier molecular flexibility index (Phi) is 5.27. The summed E-state index contributed by atoms with van der Waals surface area (Å²) in [6, 6.07) is 3.90. The largest absolute Gasteiger partial charge is 0.344 e. The zero-order valence-corrected chi connectivity index (χ0v) is 17.5. The SMILES string of the molecule is CC1CN2CN(C[Si](C)(C)C)CC([N+](=O)[O-])=C2N1Cc1ccc(Cl)nc1. The second-order valence-electron chi connectivity index (χ2n) is 8.41. The molecule has 3 heterocycles. The zero-order valence-electron chi connectivity index (χ0n) is 15.8. The van der Waals surface area contributed by atoms with Crippen LogP contribution in [-0.2, 0) is 6.54 Å². The van der Waals surface area contributed by atoms with E-state index in [1.165, 1.54) is 0 Å². The quantitative estimate of drug-likeness (QED) is 0.330. The summed E-state index contributed by atoms with van der Waals surface area (Å²) >= 11 is 5.87. The number of halogens is 1. The molecule has 3 rings (SSSR count). The molecular formula is C17H26ClN5O2Si. The van der Waals surface area contributed by atoms with Crippen LogP contribution in [0.5, 0.6) is 0 Å². The normalized spacial score (nSPS) is 21.3. The number of hydrogen-bond donors (Lipinski definition) is 0. The minimum atomic E-state index is -1.33. The summed E-state index contributed by atoms with van der Waals surface area (Å²) in [6.45, 7) is 11.6. The molecule has 7 nitrogen and oxygen atoms in total. The van der Waals surface area contributed by atoms with Crippen LogP contribution in [0.4, 0.5) is 0 Å². The van der Waals surface area contributed by atoms with E-state index in [9.17, 15) is 10.1 Å². The Balaban J connectivity index is 1.88. The number of nitro groups is 1. The monoisotopic (exact) mass is 395 g/mol. The maximum atomic E-state index is 11.8. The van der Waals surface area contributed by atoms with Crippen LogP contribution in [-0.4, -0.2) is 64.6 Å². The molecule has 0 aliphatic carbocycles. The number of pyridine rings is 1. The van der Waals surface area contributed by atoms with Gasteiger partial charge in [-0.05, 0) is 24.7 Å². The molecule has 1 aromatic heterocycles. The van der Waals surface area contributed by atoms with Crippen molar-refractivity contribution in [3.63, 3.8) is 0 Å². The van der Waals surface area contributed by atoms with Crippen LogP contribution < -0.4 is 0 Å². The first-order valence-corrected chi connectivity index (χ1v) is 12.9. The van der Waals surface area contributed by atoms with Crippen LogP contribution in [0.3, 0.4) is 0 Å². The van der Waals surface area contributed by atoms with Gasteiger partial charge in [0, 0.05) is 25.3 Å². The van der Waals surface area contributed by atoms with Crippen molar-refractivity contribution in [1.82, 2.24) is 19.7 Å². The highest BCUT2D eigenvalue weighted by Gasteiger charge is 2.43. The van der Waals surface area contributed by atoms with Crippen molar-refractivity contribution in [1.29, 1.82) is 0 Å². The van der Waals surface area contributed by atoms with E-state index in [0.29, 0.717) is 23.9 Å². The Bertz CT molecular complexity index is 719. The third-order valence-electron chi connectivity index (χ3n) is 4.65. The number of aromatic nitrogens is 1. The lowest BCUT2D eigenvalue weighted by atomic mass is 10.2. The summed E-state index contributed by atoms with van der Waals surface area (Å²) < 4.78 is 0. The average Bonchev–Trinajstić information content (AvgIpc) is 2.82. The summed E-state index contributed by atoms with van der Waals surface area (Å²) in [5.74, 6) is 0.768. The lowest BCUT2D eigenvalue weighted by Crippen LogP contribution is -2.50. The van der Waals surface area contributed by atoms with Gasteiger partial charge in [0.1, 0.15) is 5.15 Å². The molecule has 1 atom stereocenters. The van der Waals surface area contributed by atoms with Crippen LogP contribution in [0.15, 0.2) is 29.8 Å². The zero-order chi connectivity index (χ0) is 19.1. The third kappa shape index (κ3) is 4.19. The topological polar surface area (TPSA) is 65.8 Å². The van der Waals surface area contributed by atoms with E-state index in [2.05, 4.69) is 46.2 Å². The Morgan fingerprint density at radius 1 is 1.38 bits per heavy atom. The molecule has 1 saturated heterocycles. The molecule has 0 saturated carbocycles. The standard InChI is InChI=1S/C17H26ClN5O2Si/c1-13-8-21-11-20(12-26(2,3)4)10-15(23(24)25)17(21)22(13)9-14-5-6-16(18)19-7-14/h5-7,13H,8-12H2,1-4H3. The van der Waals surface area contributed by atoms with Crippen LogP contribution >= 0.6 is 11.6 Å². The second kappa shape index (κ2) is 7.17. The van der Waals surface area contributed by atoms with Gasteiger partial charge in [-0.3, -0.25) is 15.0 Å². The molecule has 0 bridgehead atoms. The van der Waals surface area contributed by atoms with Gasteiger partial charge in [-0.2, -0.15) is 0 Å². The lowest BCUT2D eigenvalue weighted by Gasteiger charge is -2.37. The predicted molar refractivity (Wildman–Crippen MR) is 105 cm³/mol. The Morgan fingerprint density at radius 2 is 2.12 bits per heavy atom. The molecular weight excluding hydrogens is 370 g/mol. The van der Waals surface area contributed by atoms with Gasteiger partial charge in [-0.1, -0.05) is 37.3 Å². The van der Waals surface area contributed by atoms with Crippen molar-refractivity contribution < 1.29 is 4.92 Å². The Hall–Kier alpha value is -1.64. The molecule has 2 aliphatic rings. The molecule has 142 valence electrons. The molecule has 2 aliphatic heterocycles. The first-order valence-electron chi connectivity index (χ1n) is 8.86. The molecule has 0 spiro atoms. The van der Waals surface area contributed by atoms with Crippen molar-refractivity contribution in [2.45, 2.75) is 39.2 Å². The average molecular weight is 396 g/mol. The number of fused-ring (bicyclic) bond motifs is 1. The van der Waals surface area contributed by atoms with E-state index in [0.717, 1.165) is 30.8 Å². The maximum Gasteiger partial charge on any atom is 0.300 e. The predicted octanol–water partition coefficient (Wildman–Crippen LogP) is 2.84. The van der Waals surface area contributed by atoms with Gasteiger partial charge in [0.05, 0.1) is 26.2 Å². The molecule has 9 heteroatoms. The Labute approximate surface area is 160 Å². The van der Waals surface area contributed by atoms with Gasteiger partial charge in [0.2, 0.25) is 0 Å². The lowest BCUT2D eigenvalue weighted by molar-refractivity contribution is -0.433. The van der Waals surface area contributed by atoms with E-state index >= 15 is 0 Å². The minimum Gasteiger partial charge on any atom is -0.344 e. The summed E-state index contributed by atoms with van der Waals surface area (Å²) in [5, 5.41) is 12.3. The van der Waals surface area contributed by atoms with Crippen molar-refractivity contribution in [3.8, 4) is 0 Å². The van der Waals surface area contributed by atoms with Crippen LogP contribution in [0, 0.1) is 10.1 Å². The molecule has 1 aromatic rings.